The van der Waals surface area contributed by atoms with Crippen molar-refractivity contribution in [1.29, 1.82) is 0 Å². The van der Waals surface area contributed by atoms with Crippen LogP contribution in [0, 0.1) is 11.8 Å². The number of unbranched alkanes of at least 4 members (excludes halogenated alkanes) is 24. The van der Waals surface area contributed by atoms with E-state index in [1.807, 2.05) is 0 Å². The molecule has 4 nitrogen and oxygen atoms in total. The largest absolute Gasteiger partial charge is 0.307 e. The average Bonchev–Trinajstić information content (AvgIpc) is 3.73. The van der Waals surface area contributed by atoms with Gasteiger partial charge < -0.3 is 9.80 Å². The zero-order valence-corrected chi connectivity index (χ0v) is 44.5. The Labute approximate surface area is 409 Å². The van der Waals surface area contributed by atoms with Crippen LogP contribution in [0.1, 0.15) is 244 Å². The summed E-state index contributed by atoms with van der Waals surface area (Å²) in [5.41, 5.74) is 4.82. The van der Waals surface area contributed by atoms with Gasteiger partial charge in [0.15, 0.2) is 0 Å². The number of rotatable bonds is 38. The van der Waals surface area contributed by atoms with Crippen molar-refractivity contribution in [2.75, 3.05) is 13.1 Å². The smallest absolute Gasteiger partial charge is 0.261 e. The monoisotopic (exact) mass is 1000 g/mol. The molecule has 0 saturated heterocycles. The van der Waals surface area contributed by atoms with Gasteiger partial charge in [-0.15, -0.1) is 0 Å². The molecule has 358 valence electrons. The molecule has 2 unspecified atom stereocenters. The first-order valence-electron chi connectivity index (χ1n) is 27.0. The van der Waals surface area contributed by atoms with Crippen molar-refractivity contribution in [2.45, 2.75) is 233 Å². The number of hydrogen-bond donors (Lipinski definition) is 0. The number of benzene rings is 2. The highest BCUT2D eigenvalue weighted by Crippen LogP contribution is 2.48. The summed E-state index contributed by atoms with van der Waals surface area (Å²) in [6, 6.07) is 16.7. The number of fused-ring (bicyclic) bond motifs is 1. The zero-order chi connectivity index (χ0) is 45.8. The van der Waals surface area contributed by atoms with Gasteiger partial charge in [0, 0.05) is 22.0 Å². The fraction of sp³-hybridized carbons (Fsp3) is 0.690. The minimum Gasteiger partial charge on any atom is -0.307 e. The van der Waals surface area contributed by atoms with E-state index in [4.69, 9.17) is 0 Å². The van der Waals surface area contributed by atoms with E-state index in [2.05, 4.69) is 118 Å². The predicted molar refractivity (Wildman–Crippen MR) is 283 cm³/mol. The second-order valence-electron chi connectivity index (χ2n) is 19.7. The lowest BCUT2D eigenvalue weighted by Crippen LogP contribution is -2.35. The summed E-state index contributed by atoms with van der Waals surface area (Å²) in [6.45, 7) is 10.5. The summed E-state index contributed by atoms with van der Waals surface area (Å²) in [5.74, 6) is 0.829. The summed E-state index contributed by atoms with van der Waals surface area (Å²) in [7, 11) is 0. The average molecular weight is 1010 g/mol. The van der Waals surface area contributed by atoms with Crippen molar-refractivity contribution in [3.05, 3.63) is 79.7 Å². The van der Waals surface area contributed by atoms with E-state index in [1.54, 1.807) is 0 Å². The molecule has 0 saturated carbocycles. The molecule has 0 bridgehead atoms. The molecular formula is C58H90Br2N2O2. The van der Waals surface area contributed by atoms with Gasteiger partial charge in [0.1, 0.15) is 0 Å². The molecule has 2 aliphatic rings. The molecule has 0 aliphatic carbocycles. The second kappa shape index (κ2) is 32.5. The van der Waals surface area contributed by atoms with Gasteiger partial charge in [-0.1, -0.05) is 264 Å². The van der Waals surface area contributed by atoms with Crippen LogP contribution in [0.3, 0.4) is 0 Å². The number of nitrogens with zero attached hydrogens (tertiary/aromatic N) is 2. The van der Waals surface area contributed by atoms with Gasteiger partial charge in [0.2, 0.25) is 0 Å². The first-order valence-corrected chi connectivity index (χ1v) is 28.6. The second-order valence-corrected chi connectivity index (χ2v) is 21.5. The molecule has 6 heteroatoms. The number of amides is 2. The third kappa shape index (κ3) is 18.5. The minimum absolute atomic E-state index is 0.0149. The Balaban J connectivity index is 1.66. The minimum atomic E-state index is 0.0149. The molecule has 2 atom stereocenters. The van der Waals surface area contributed by atoms with Crippen molar-refractivity contribution in [1.82, 2.24) is 9.80 Å². The van der Waals surface area contributed by atoms with Crippen molar-refractivity contribution < 1.29 is 9.59 Å². The van der Waals surface area contributed by atoms with Gasteiger partial charge >= 0.3 is 0 Å². The first kappa shape index (κ1) is 54.4. The molecule has 64 heavy (non-hydrogen) atoms. The third-order valence-electron chi connectivity index (χ3n) is 14.2. The van der Waals surface area contributed by atoms with E-state index in [-0.39, 0.29) is 11.8 Å². The van der Waals surface area contributed by atoms with Gasteiger partial charge in [-0.05, 0) is 72.9 Å². The fourth-order valence-corrected chi connectivity index (χ4v) is 10.8. The lowest BCUT2D eigenvalue weighted by molar-refractivity contribution is -0.124. The van der Waals surface area contributed by atoms with Gasteiger partial charge in [-0.2, -0.15) is 0 Å². The van der Waals surface area contributed by atoms with Crippen LogP contribution in [-0.4, -0.2) is 34.7 Å². The molecule has 2 aromatic carbocycles. The summed E-state index contributed by atoms with van der Waals surface area (Å²) in [6.07, 6.45) is 40.7. The van der Waals surface area contributed by atoms with Crippen LogP contribution in [0.15, 0.2) is 68.6 Å². The topological polar surface area (TPSA) is 40.6 Å². The summed E-state index contributed by atoms with van der Waals surface area (Å²) < 4.78 is 2.00. The van der Waals surface area contributed by atoms with E-state index in [1.165, 1.54) is 180 Å². The number of carbonyl (C=O) groups excluding carboxylic acids is 2. The summed E-state index contributed by atoms with van der Waals surface area (Å²) in [5, 5.41) is 0. The molecule has 4 rings (SSSR count). The SMILES string of the molecule is CCCCCCCCCCC(CCCCCCCC)CN1C(=O)C2=C(c3ccc(Br)cc3)N(CC(CCCCCCCC)CCCCCCCCCC)C(=O)C2=C1c1ccc(Br)cc1. The quantitative estimate of drug-likeness (QED) is 0.0629. The highest BCUT2D eigenvalue weighted by Gasteiger charge is 2.49. The highest BCUT2D eigenvalue weighted by molar-refractivity contribution is 9.10. The van der Waals surface area contributed by atoms with Gasteiger partial charge in [0.25, 0.3) is 11.8 Å². The molecule has 2 amide bonds. The van der Waals surface area contributed by atoms with Crippen LogP contribution in [-0.2, 0) is 9.59 Å². The molecule has 0 N–H and O–H groups in total. The van der Waals surface area contributed by atoms with Crippen LogP contribution in [0.25, 0.3) is 11.4 Å². The Kier molecular flexibility index (Phi) is 27.6. The maximum Gasteiger partial charge on any atom is 0.261 e. The Hall–Kier alpha value is -2.18. The Bertz CT molecular complexity index is 1540. The van der Waals surface area contributed by atoms with Crippen LogP contribution in [0.2, 0.25) is 0 Å². The molecular weight excluding hydrogens is 916 g/mol. The zero-order valence-electron chi connectivity index (χ0n) is 41.3. The predicted octanol–water partition coefficient (Wildman–Crippen LogP) is 18.8. The van der Waals surface area contributed by atoms with E-state index >= 15 is 9.59 Å². The van der Waals surface area contributed by atoms with Crippen LogP contribution in [0.4, 0.5) is 0 Å². The van der Waals surface area contributed by atoms with Crippen molar-refractivity contribution in [3.63, 3.8) is 0 Å². The van der Waals surface area contributed by atoms with Crippen molar-refractivity contribution in [2.24, 2.45) is 11.8 Å². The number of halogens is 2. The van der Waals surface area contributed by atoms with Gasteiger partial charge in [-0.25, -0.2) is 0 Å². The lowest BCUT2D eigenvalue weighted by Gasteiger charge is -2.30. The fourth-order valence-electron chi connectivity index (χ4n) is 10.3. The van der Waals surface area contributed by atoms with E-state index in [9.17, 15) is 0 Å². The maximum atomic E-state index is 15.4. The normalized spacial score (nSPS) is 15.0. The van der Waals surface area contributed by atoms with E-state index in [0.29, 0.717) is 36.1 Å². The first-order chi connectivity index (χ1) is 31.3. The third-order valence-corrected chi connectivity index (χ3v) is 15.2. The standard InChI is InChI=1S/C58H90Br2N2O2/c1-5-9-13-17-21-23-27-31-35-47(33-29-25-19-15-11-7-3)45-61-55(49-37-41-51(59)42-38-49)53-54(57(61)63)56(50-39-43-52(60)44-40-50)62(58(53)64)46-48(34-30-26-20-16-12-8-4)36-32-28-24-22-18-14-10-6-2/h37-44,47-48H,5-36,45-46H2,1-4H3. The summed E-state index contributed by atoms with van der Waals surface area (Å²) in [4.78, 5) is 34.9. The highest BCUT2D eigenvalue weighted by atomic mass is 79.9. The van der Waals surface area contributed by atoms with E-state index in [0.717, 1.165) is 57.1 Å². The molecule has 0 aromatic heterocycles. The van der Waals surface area contributed by atoms with Crippen molar-refractivity contribution >= 4 is 55.1 Å². The molecule has 0 fully saturated rings. The molecule has 0 radical (unpaired) electrons. The van der Waals surface area contributed by atoms with Gasteiger partial charge in [-0.3, -0.25) is 9.59 Å². The molecule has 2 aliphatic heterocycles. The molecule has 2 heterocycles. The van der Waals surface area contributed by atoms with Crippen molar-refractivity contribution in [3.8, 4) is 0 Å². The maximum absolute atomic E-state index is 15.4. The summed E-state index contributed by atoms with van der Waals surface area (Å²) >= 11 is 7.36. The number of hydrogen-bond acceptors (Lipinski definition) is 2. The van der Waals surface area contributed by atoms with Gasteiger partial charge in [0.05, 0.1) is 22.5 Å². The van der Waals surface area contributed by atoms with Crippen LogP contribution in [0.5, 0.6) is 0 Å². The lowest BCUT2D eigenvalue weighted by atomic mass is 9.92. The van der Waals surface area contributed by atoms with Crippen LogP contribution < -0.4 is 0 Å². The Morgan fingerprint density at radius 1 is 0.359 bits per heavy atom. The molecule has 2 aromatic rings. The number of carbonyl (C=O) groups is 2. The molecule has 0 spiro atoms. The van der Waals surface area contributed by atoms with E-state index < -0.39 is 0 Å². The Morgan fingerprint density at radius 3 is 0.844 bits per heavy atom. The Morgan fingerprint density at radius 2 is 0.594 bits per heavy atom. The van der Waals surface area contributed by atoms with Crippen LogP contribution >= 0.6 is 31.9 Å².